The Bertz CT molecular complexity index is 598. The van der Waals surface area contributed by atoms with E-state index in [-0.39, 0.29) is 0 Å². The molecule has 0 saturated heterocycles. The maximum Gasteiger partial charge on any atom is 0.225 e. The van der Waals surface area contributed by atoms with Gasteiger partial charge in [0.25, 0.3) is 0 Å². The molecule has 98 valence electrons. The second kappa shape index (κ2) is 4.31. The lowest BCUT2D eigenvalue weighted by molar-refractivity contribution is 0.0788. The lowest BCUT2D eigenvalue weighted by atomic mass is 9.91. The van der Waals surface area contributed by atoms with Crippen LogP contribution in [0.25, 0.3) is 0 Å². The van der Waals surface area contributed by atoms with Gasteiger partial charge in [-0.25, -0.2) is 9.97 Å². The first-order valence-corrected chi connectivity index (χ1v) is 6.43. The number of rotatable bonds is 2. The van der Waals surface area contributed by atoms with Crippen molar-refractivity contribution in [1.29, 1.82) is 0 Å². The highest BCUT2D eigenvalue weighted by Gasteiger charge is 2.40. The highest BCUT2D eigenvalue weighted by Crippen LogP contribution is 2.40. The quantitative estimate of drug-likeness (QED) is 0.887. The van der Waals surface area contributed by atoms with Crippen LogP contribution in [0.15, 0.2) is 36.5 Å². The van der Waals surface area contributed by atoms with Crippen molar-refractivity contribution in [3.63, 3.8) is 0 Å². The maximum absolute atomic E-state index is 11.0. The molecule has 3 rings (SSSR count). The zero-order chi connectivity index (χ0) is 13.5. The fraction of sp³-hybridized carbons (Fsp3) is 0.333. The number of benzene rings is 1. The van der Waals surface area contributed by atoms with Gasteiger partial charge in [0.1, 0.15) is 5.60 Å². The van der Waals surface area contributed by atoms with Crippen LogP contribution < -0.4 is 4.90 Å². The number of fused-ring (bicyclic) bond motifs is 1. The van der Waals surface area contributed by atoms with E-state index in [4.69, 9.17) is 0 Å². The molecule has 1 aliphatic rings. The Kier molecular flexibility index (Phi) is 2.75. The minimum Gasteiger partial charge on any atom is -0.379 e. The van der Waals surface area contributed by atoms with Crippen molar-refractivity contribution in [2.45, 2.75) is 18.4 Å². The Labute approximate surface area is 112 Å². The van der Waals surface area contributed by atoms with Gasteiger partial charge in [0.15, 0.2) is 0 Å². The summed E-state index contributed by atoms with van der Waals surface area (Å²) >= 11 is 0. The molecule has 2 aromatic rings. The lowest BCUT2D eigenvalue weighted by Gasteiger charge is -2.24. The number of aromatic nitrogens is 2. The molecule has 1 aromatic heterocycles. The number of anilines is 1. The average molecular weight is 255 g/mol. The van der Waals surface area contributed by atoms with Crippen molar-refractivity contribution >= 4 is 5.95 Å². The fourth-order valence-electron chi connectivity index (χ4n) is 2.58. The van der Waals surface area contributed by atoms with E-state index in [2.05, 4.69) is 9.97 Å². The third kappa shape index (κ3) is 1.88. The first-order valence-electron chi connectivity index (χ1n) is 6.43. The summed E-state index contributed by atoms with van der Waals surface area (Å²) in [6, 6.07) is 9.74. The molecule has 4 nitrogen and oxygen atoms in total. The molecule has 4 heteroatoms. The Morgan fingerprint density at radius 2 is 1.95 bits per heavy atom. The minimum atomic E-state index is -0.982. The molecule has 0 radical (unpaired) electrons. The summed E-state index contributed by atoms with van der Waals surface area (Å²) in [4.78, 5) is 10.7. The van der Waals surface area contributed by atoms with E-state index in [1.165, 1.54) is 0 Å². The van der Waals surface area contributed by atoms with Crippen LogP contribution in [0.4, 0.5) is 5.95 Å². The molecule has 0 saturated carbocycles. The number of aliphatic hydroxyl groups is 1. The first kappa shape index (κ1) is 12.1. The second-order valence-corrected chi connectivity index (χ2v) is 5.16. The third-order valence-corrected chi connectivity index (χ3v) is 3.65. The number of hydrogen-bond donors (Lipinski definition) is 1. The monoisotopic (exact) mass is 255 g/mol. The van der Waals surface area contributed by atoms with Crippen LogP contribution >= 0.6 is 0 Å². The largest absolute Gasteiger partial charge is 0.379 e. The summed E-state index contributed by atoms with van der Waals surface area (Å²) in [5, 5.41) is 11.0. The molecule has 0 fully saturated rings. The SMILES string of the molecule is CN(C)c1ncc2c(n1)C(O)(c1ccccc1)CC2. The van der Waals surface area contributed by atoms with Crippen LogP contribution in [-0.2, 0) is 12.0 Å². The second-order valence-electron chi connectivity index (χ2n) is 5.16. The normalized spacial score (nSPS) is 21.2. The molecule has 19 heavy (non-hydrogen) atoms. The Morgan fingerprint density at radius 1 is 1.21 bits per heavy atom. The summed E-state index contributed by atoms with van der Waals surface area (Å²) in [5.74, 6) is 0.634. The summed E-state index contributed by atoms with van der Waals surface area (Å²) in [5.41, 5.74) is 1.70. The van der Waals surface area contributed by atoms with E-state index in [1.807, 2.05) is 55.5 Å². The first-order chi connectivity index (χ1) is 9.11. The number of aryl methyl sites for hydroxylation is 1. The molecule has 0 spiro atoms. The fourth-order valence-corrected chi connectivity index (χ4v) is 2.58. The molecule has 0 amide bonds. The van der Waals surface area contributed by atoms with Crippen LogP contribution in [0, 0.1) is 0 Å². The Balaban J connectivity index is 2.12. The van der Waals surface area contributed by atoms with Crippen LogP contribution in [0.1, 0.15) is 23.2 Å². The van der Waals surface area contributed by atoms with Gasteiger partial charge in [-0.2, -0.15) is 0 Å². The summed E-state index contributed by atoms with van der Waals surface area (Å²) < 4.78 is 0. The van der Waals surface area contributed by atoms with E-state index < -0.39 is 5.60 Å². The van der Waals surface area contributed by atoms with Gasteiger partial charge < -0.3 is 10.0 Å². The third-order valence-electron chi connectivity index (χ3n) is 3.65. The Morgan fingerprint density at radius 3 is 2.63 bits per heavy atom. The van der Waals surface area contributed by atoms with Crippen LogP contribution in [-0.4, -0.2) is 29.2 Å². The van der Waals surface area contributed by atoms with E-state index in [0.717, 1.165) is 23.2 Å². The maximum atomic E-state index is 11.0. The zero-order valence-corrected chi connectivity index (χ0v) is 11.2. The molecule has 0 bridgehead atoms. The molecule has 1 atom stereocenters. The van der Waals surface area contributed by atoms with Crippen molar-refractivity contribution in [1.82, 2.24) is 9.97 Å². The van der Waals surface area contributed by atoms with Crippen molar-refractivity contribution in [3.8, 4) is 0 Å². The highest BCUT2D eigenvalue weighted by molar-refractivity contribution is 5.43. The average Bonchev–Trinajstić information content (AvgIpc) is 2.78. The van der Waals surface area contributed by atoms with Crippen molar-refractivity contribution in [3.05, 3.63) is 53.3 Å². The smallest absolute Gasteiger partial charge is 0.225 e. The molecule has 0 aliphatic heterocycles. The predicted molar refractivity (Wildman–Crippen MR) is 74.1 cm³/mol. The van der Waals surface area contributed by atoms with Gasteiger partial charge in [0, 0.05) is 20.3 Å². The molecular weight excluding hydrogens is 238 g/mol. The summed E-state index contributed by atoms with van der Waals surface area (Å²) in [6.45, 7) is 0. The van der Waals surface area contributed by atoms with Crippen molar-refractivity contribution < 1.29 is 5.11 Å². The lowest BCUT2D eigenvalue weighted by Crippen LogP contribution is -2.26. The molecule has 1 aromatic carbocycles. The molecule has 1 aliphatic carbocycles. The van der Waals surface area contributed by atoms with Gasteiger partial charge in [-0.3, -0.25) is 0 Å². The molecule has 1 N–H and O–H groups in total. The van der Waals surface area contributed by atoms with Gasteiger partial charge in [-0.05, 0) is 24.0 Å². The van der Waals surface area contributed by atoms with Gasteiger partial charge in [0.05, 0.1) is 5.69 Å². The zero-order valence-electron chi connectivity index (χ0n) is 11.2. The summed E-state index contributed by atoms with van der Waals surface area (Å²) in [7, 11) is 3.80. The standard InChI is InChI=1S/C15H17N3O/c1-18(2)14-16-10-11-8-9-15(19,13(11)17-14)12-6-4-3-5-7-12/h3-7,10,19H,8-9H2,1-2H3. The highest BCUT2D eigenvalue weighted by atomic mass is 16.3. The number of hydrogen-bond acceptors (Lipinski definition) is 4. The predicted octanol–water partition coefficient (Wildman–Crippen LogP) is 1.72. The van der Waals surface area contributed by atoms with E-state index in [0.29, 0.717) is 12.4 Å². The van der Waals surface area contributed by atoms with Gasteiger partial charge >= 0.3 is 0 Å². The minimum absolute atomic E-state index is 0.634. The van der Waals surface area contributed by atoms with E-state index >= 15 is 0 Å². The van der Waals surface area contributed by atoms with Crippen LogP contribution in [0.5, 0.6) is 0 Å². The van der Waals surface area contributed by atoms with Gasteiger partial charge in [-0.15, -0.1) is 0 Å². The van der Waals surface area contributed by atoms with Crippen molar-refractivity contribution in [2.75, 3.05) is 19.0 Å². The topological polar surface area (TPSA) is 49.2 Å². The number of nitrogens with zero attached hydrogens (tertiary/aromatic N) is 3. The van der Waals surface area contributed by atoms with Crippen molar-refractivity contribution in [2.24, 2.45) is 0 Å². The molecular formula is C15H17N3O. The summed E-state index contributed by atoms with van der Waals surface area (Å²) in [6.07, 6.45) is 3.31. The van der Waals surface area contributed by atoms with Gasteiger partial charge in [0.2, 0.25) is 5.95 Å². The molecule has 1 unspecified atom stereocenters. The molecule has 1 heterocycles. The van der Waals surface area contributed by atoms with Gasteiger partial charge in [-0.1, -0.05) is 30.3 Å². The van der Waals surface area contributed by atoms with E-state index in [1.54, 1.807) is 0 Å². The van der Waals surface area contributed by atoms with E-state index in [9.17, 15) is 5.11 Å². The van der Waals surface area contributed by atoms with Crippen LogP contribution in [0.2, 0.25) is 0 Å². The Hall–Kier alpha value is -1.94. The van der Waals surface area contributed by atoms with Crippen LogP contribution in [0.3, 0.4) is 0 Å².